The summed E-state index contributed by atoms with van der Waals surface area (Å²) < 4.78 is 43.3. The van der Waals surface area contributed by atoms with E-state index in [0.29, 0.717) is 28.9 Å². The maximum Gasteiger partial charge on any atom is 0.416 e. The molecule has 0 saturated carbocycles. The van der Waals surface area contributed by atoms with Crippen LogP contribution in [0.2, 0.25) is 5.02 Å². The summed E-state index contributed by atoms with van der Waals surface area (Å²) >= 11 is 5.97. The Morgan fingerprint density at radius 3 is 2.55 bits per heavy atom. The third kappa shape index (κ3) is 5.75. The molecule has 0 aliphatic rings. The lowest BCUT2D eigenvalue weighted by molar-refractivity contribution is -0.138. The lowest BCUT2D eigenvalue weighted by atomic mass is 10.2. The van der Waals surface area contributed by atoms with Crippen molar-refractivity contribution >= 4 is 28.4 Å². The number of fused-ring (bicyclic) bond motifs is 1. The van der Waals surface area contributed by atoms with E-state index in [9.17, 15) is 22.8 Å². The fourth-order valence-electron chi connectivity index (χ4n) is 2.96. The molecule has 6 nitrogen and oxygen atoms in total. The first-order chi connectivity index (χ1) is 14.7. The molecule has 0 saturated heterocycles. The molecule has 2 aromatic carbocycles. The van der Waals surface area contributed by atoms with Crippen molar-refractivity contribution in [1.29, 1.82) is 0 Å². The van der Waals surface area contributed by atoms with Crippen LogP contribution in [0, 0.1) is 0 Å². The number of benzene rings is 2. The average molecular weight is 454 g/mol. The van der Waals surface area contributed by atoms with E-state index in [4.69, 9.17) is 16.3 Å². The van der Waals surface area contributed by atoms with Gasteiger partial charge in [-0.1, -0.05) is 18.5 Å². The number of rotatable bonds is 7. The minimum Gasteiger partial charge on any atom is -0.484 e. The summed E-state index contributed by atoms with van der Waals surface area (Å²) in [6.07, 6.45) is -3.80. The number of amides is 1. The van der Waals surface area contributed by atoms with Gasteiger partial charge in [0, 0.05) is 11.6 Å². The van der Waals surface area contributed by atoms with Crippen LogP contribution in [0.15, 0.2) is 47.3 Å². The van der Waals surface area contributed by atoms with Crippen molar-refractivity contribution in [1.82, 2.24) is 14.9 Å². The standard InChI is InChI=1S/C21H19ClF3N3O3/c1-2-9-28(11-18-26-17-10-14(22)5-8-16(17)20(30)27-18)19(29)12-31-15-6-3-13(4-7-15)21(23,24)25/h3-8,10H,2,9,11-12H2,1H3,(H,26,27,30). The zero-order chi connectivity index (χ0) is 22.6. The lowest BCUT2D eigenvalue weighted by Crippen LogP contribution is -2.36. The number of ether oxygens (including phenoxy) is 1. The summed E-state index contributed by atoms with van der Waals surface area (Å²) in [7, 11) is 0. The number of aromatic amines is 1. The van der Waals surface area contributed by atoms with Gasteiger partial charge in [-0.15, -0.1) is 0 Å². The minimum absolute atomic E-state index is 0.0424. The Morgan fingerprint density at radius 2 is 1.90 bits per heavy atom. The normalized spacial score (nSPS) is 11.5. The van der Waals surface area contributed by atoms with Gasteiger partial charge in [0.1, 0.15) is 11.6 Å². The quantitative estimate of drug-likeness (QED) is 0.575. The summed E-state index contributed by atoms with van der Waals surface area (Å²) in [5, 5.41) is 0.815. The molecule has 0 unspecified atom stereocenters. The Hall–Kier alpha value is -3.07. The molecule has 31 heavy (non-hydrogen) atoms. The molecule has 10 heteroatoms. The van der Waals surface area contributed by atoms with Crippen LogP contribution in [0.1, 0.15) is 24.7 Å². The van der Waals surface area contributed by atoms with Gasteiger partial charge >= 0.3 is 6.18 Å². The number of H-pyrrole nitrogens is 1. The van der Waals surface area contributed by atoms with Crippen molar-refractivity contribution in [3.63, 3.8) is 0 Å². The maximum atomic E-state index is 12.6. The fourth-order valence-corrected chi connectivity index (χ4v) is 3.12. The van der Waals surface area contributed by atoms with Gasteiger partial charge in [0.05, 0.1) is 23.0 Å². The largest absolute Gasteiger partial charge is 0.484 e. The van der Waals surface area contributed by atoms with E-state index in [1.54, 1.807) is 18.2 Å². The van der Waals surface area contributed by atoms with Crippen LogP contribution in [0.5, 0.6) is 5.75 Å². The van der Waals surface area contributed by atoms with Crippen LogP contribution in [-0.2, 0) is 17.5 Å². The molecule has 0 bridgehead atoms. The zero-order valence-electron chi connectivity index (χ0n) is 16.5. The number of nitrogens with zero attached hydrogens (tertiary/aromatic N) is 2. The number of nitrogens with one attached hydrogen (secondary N) is 1. The second-order valence-electron chi connectivity index (χ2n) is 6.80. The van der Waals surface area contributed by atoms with Gasteiger partial charge < -0.3 is 14.6 Å². The number of carbonyl (C=O) groups is 1. The molecule has 0 aliphatic heterocycles. The number of hydrogen-bond donors (Lipinski definition) is 1. The highest BCUT2D eigenvalue weighted by Gasteiger charge is 2.30. The van der Waals surface area contributed by atoms with Crippen molar-refractivity contribution in [2.45, 2.75) is 26.1 Å². The predicted octanol–water partition coefficient (Wildman–Crippen LogP) is 4.41. The Balaban J connectivity index is 1.71. The second kappa shape index (κ2) is 9.38. The number of alkyl halides is 3. The smallest absolute Gasteiger partial charge is 0.416 e. The lowest BCUT2D eigenvalue weighted by Gasteiger charge is -2.22. The molecular weight excluding hydrogens is 435 g/mol. The van der Waals surface area contributed by atoms with E-state index >= 15 is 0 Å². The third-order valence-electron chi connectivity index (χ3n) is 4.45. The molecule has 1 heterocycles. The Kier molecular flexibility index (Phi) is 6.84. The number of aromatic nitrogens is 2. The van der Waals surface area contributed by atoms with E-state index in [2.05, 4.69) is 9.97 Å². The highest BCUT2D eigenvalue weighted by molar-refractivity contribution is 6.31. The molecule has 0 fully saturated rings. The van der Waals surface area contributed by atoms with Crippen LogP contribution >= 0.6 is 11.6 Å². The van der Waals surface area contributed by atoms with E-state index in [0.717, 1.165) is 24.3 Å². The number of hydrogen-bond acceptors (Lipinski definition) is 4. The summed E-state index contributed by atoms with van der Waals surface area (Å²) in [6, 6.07) is 8.82. The number of carbonyl (C=O) groups excluding carboxylic acids is 1. The molecule has 3 rings (SSSR count). The third-order valence-corrected chi connectivity index (χ3v) is 4.68. The van der Waals surface area contributed by atoms with Gasteiger partial charge in [-0.3, -0.25) is 9.59 Å². The first-order valence-corrected chi connectivity index (χ1v) is 9.81. The molecule has 0 spiro atoms. The molecule has 1 N–H and O–H groups in total. The van der Waals surface area contributed by atoms with Crippen molar-refractivity contribution < 1.29 is 22.7 Å². The SMILES string of the molecule is CCCN(Cc1nc2cc(Cl)ccc2c(=O)[nH]1)C(=O)COc1ccc(C(F)(F)F)cc1. The molecular formula is C21H19ClF3N3O3. The van der Waals surface area contributed by atoms with Gasteiger partial charge in [-0.2, -0.15) is 13.2 Å². The molecule has 1 aromatic heterocycles. The van der Waals surface area contributed by atoms with Crippen molar-refractivity contribution in [3.05, 3.63) is 69.2 Å². The van der Waals surface area contributed by atoms with Gasteiger partial charge in [0.25, 0.3) is 11.5 Å². The average Bonchev–Trinajstić information content (AvgIpc) is 2.71. The molecule has 3 aromatic rings. The van der Waals surface area contributed by atoms with Crippen LogP contribution in [-0.4, -0.2) is 33.9 Å². The van der Waals surface area contributed by atoms with Crippen molar-refractivity contribution in [2.24, 2.45) is 0 Å². The molecule has 164 valence electrons. The zero-order valence-corrected chi connectivity index (χ0v) is 17.3. The Morgan fingerprint density at radius 1 is 1.19 bits per heavy atom. The summed E-state index contributed by atoms with van der Waals surface area (Å²) in [6.45, 7) is 1.94. The Labute approximate surface area is 180 Å². The van der Waals surface area contributed by atoms with Crippen LogP contribution in [0.3, 0.4) is 0 Å². The monoisotopic (exact) mass is 453 g/mol. The van der Waals surface area contributed by atoms with E-state index in [1.165, 1.54) is 4.90 Å². The van der Waals surface area contributed by atoms with Crippen LogP contribution < -0.4 is 10.3 Å². The summed E-state index contributed by atoms with van der Waals surface area (Å²) in [5.74, 6) is 0.0383. The number of halogens is 4. The first kappa shape index (κ1) is 22.6. The first-order valence-electron chi connectivity index (χ1n) is 9.43. The van der Waals surface area contributed by atoms with Gasteiger partial charge in [-0.25, -0.2) is 4.98 Å². The molecule has 0 aliphatic carbocycles. The van der Waals surface area contributed by atoms with Crippen LogP contribution in [0.25, 0.3) is 10.9 Å². The van der Waals surface area contributed by atoms with Crippen LogP contribution in [0.4, 0.5) is 13.2 Å². The van der Waals surface area contributed by atoms with E-state index in [1.807, 2.05) is 6.92 Å². The highest BCUT2D eigenvalue weighted by Crippen LogP contribution is 2.30. The summed E-state index contributed by atoms with van der Waals surface area (Å²) in [5.41, 5.74) is -0.733. The second-order valence-corrected chi connectivity index (χ2v) is 7.24. The van der Waals surface area contributed by atoms with Gasteiger partial charge in [0.2, 0.25) is 0 Å². The summed E-state index contributed by atoms with van der Waals surface area (Å²) in [4.78, 5) is 33.4. The Bertz CT molecular complexity index is 1130. The van der Waals surface area contributed by atoms with Gasteiger partial charge in [0.15, 0.2) is 6.61 Å². The topological polar surface area (TPSA) is 75.3 Å². The highest BCUT2D eigenvalue weighted by atomic mass is 35.5. The van der Waals surface area contributed by atoms with E-state index < -0.39 is 17.6 Å². The van der Waals surface area contributed by atoms with Crippen molar-refractivity contribution in [2.75, 3.05) is 13.2 Å². The van der Waals surface area contributed by atoms with E-state index in [-0.39, 0.29) is 30.3 Å². The fraction of sp³-hybridized carbons (Fsp3) is 0.286. The predicted molar refractivity (Wildman–Crippen MR) is 110 cm³/mol. The molecule has 0 radical (unpaired) electrons. The van der Waals surface area contributed by atoms with Crippen molar-refractivity contribution in [3.8, 4) is 5.75 Å². The minimum atomic E-state index is -4.44. The van der Waals surface area contributed by atoms with Gasteiger partial charge in [-0.05, 0) is 48.9 Å². The molecule has 0 atom stereocenters. The maximum absolute atomic E-state index is 12.6. The molecule has 1 amide bonds.